The van der Waals surface area contributed by atoms with Gasteiger partial charge < -0.3 is 4.74 Å². The normalized spacial score (nSPS) is 37.8. The number of esters is 2. The van der Waals surface area contributed by atoms with E-state index < -0.39 is 31.9 Å². The fourth-order valence-corrected chi connectivity index (χ4v) is 9.24. The zero-order valence-corrected chi connectivity index (χ0v) is 14.3. The van der Waals surface area contributed by atoms with E-state index in [1.165, 1.54) is 23.5 Å². The summed E-state index contributed by atoms with van der Waals surface area (Å²) in [6.45, 7) is 3.71. The lowest BCUT2D eigenvalue weighted by Gasteiger charge is -2.30. The molecule has 0 aromatic heterocycles. The minimum absolute atomic E-state index is 0.0711. The fraction of sp³-hybridized carbons (Fsp3) is 0.312. The van der Waals surface area contributed by atoms with E-state index in [9.17, 15) is 14.4 Å². The first kappa shape index (κ1) is 15.4. The van der Waals surface area contributed by atoms with Gasteiger partial charge in [-0.3, -0.25) is 14.4 Å². The molecule has 3 fully saturated rings. The number of carbonyl (C=O) groups is 3. The second kappa shape index (κ2) is 5.16. The molecule has 3 aliphatic rings. The van der Waals surface area contributed by atoms with E-state index in [1.54, 1.807) is 6.08 Å². The molecular formula is C16H12O4S3. The van der Waals surface area contributed by atoms with Crippen LogP contribution in [0.25, 0.3) is 0 Å². The van der Waals surface area contributed by atoms with Crippen molar-refractivity contribution in [2.75, 3.05) is 5.75 Å². The first-order chi connectivity index (χ1) is 11.0. The van der Waals surface area contributed by atoms with Gasteiger partial charge in [-0.25, -0.2) is 0 Å². The molecule has 3 saturated heterocycles. The first-order valence-corrected chi connectivity index (χ1v) is 9.66. The predicted molar refractivity (Wildman–Crippen MR) is 91.8 cm³/mol. The molecule has 0 radical (unpaired) electrons. The van der Waals surface area contributed by atoms with Gasteiger partial charge in [-0.2, -0.15) is 0 Å². The Bertz CT molecular complexity index is 734. The van der Waals surface area contributed by atoms with Crippen molar-refractivity contribution in [2.24, 2.45) is 11.8 Å². The number of fused-ring (bicyclic) bond motifs is 5. The van der Waals surface area contributed by atoms with Gasteiger partial charge in [-0.05, 0) is 5.56 Å². The van der Waals surface area contributed by atoms with Crippen molar-refractivity contribution in [3.63, 3.8) is 0 Å². The van der Waals surface area contributed by atoms with Gasteiger partial charge in [0.1, 0.15) is 20.0 Å². The highest BCUT2D eigenvalue weighted by atomic mass is 32.3. The molecule has 1 aromatic carbocycles. The highest BCUT2D eigenvalue weighted by molar-refractivity contribution is 8.42. The van der Waals surface area contributed by atoms with E-state index in [4.69, 9.17) is 4.74 Å². The molecule has 3 aliphatic heterocycles. The van der Waals surface area contributed by atoms with Crippen LogP contribution >= 0.6 is 35.3 Å². The van der Waals surface area contributed by atoms with Crippen molar-refractivity contribution < 1.29 is 19.1 Å². The van der Waals surface area contributed by atoms with E-state index in [0.717, 1.165) is 17.3 Å². The van der Waals surface area contributed by atoms with Crippen molar-refractivity contribution >= 4 is 52.3 Å². The molecule has 0 amide bonds. The Kier molecular flexibility index (Phi) is 3.44. The average Bonchev–Trinajstić information content (AvgIpc) is 3.13. The minimum atomic E-state index is -1.03. The highest BCUT2D eigenvalue weighted by Crippen LogP contribution is 2.78. The molecule has 23 heavy (non-hydrogen) atoms. The van der Waals surface area contributed by atoms with Gasteiger partial charge >= 0.3 is 11.9 Å². The topological polar surface area (TPSA) is 60.4 Å². The standard InChI is InChI=1S/C16H12O4S3/c1-2-8-21-16-11-10(12(17)20-13(11)18)15(23-16,14(19)22-16)9-6-4-3-5-7-9/h2-7,10-11H,1,8H2/t10-,11+,15-,16-/m0/s1. The van der Waals surface area contributed by atoms with E-state index in [0.29, 0.717) is 5.75 Å². The van der Waals surface area contributed by atoms with Crippen LogP contribution in [0.2, 0.25) is 0 Å². The minimum Gasteiger partial charge on any atom is -0.393 e. The number of benzene rings is 1. The van der Waals surface area contributed by atoms with E-state index in [2.05, 4.69) is 6.58 Å². The number of thioether (sulfide) groups is 3. The van der Waals surface area contributed by atoms with Crippen LogP contribution in [-0.4, -0.2) is 26.2 Å². The molecule has 4 atom stereocenters. The average molecular weight is 364 g/mol. The maximum absolute atomic E-state index is 12.9. The summed E-state index contributed by atoms with van der Waals surface area (Å²) < 4.78 is 3.17. The van der Waals surface area contributed by atoms with Crippen LogP contribution in [0.15, 0.2) is 43.0 Å². The van der Waals surface area contributed by atoms with Gasteiger partial charge in [0.05, 0.1) is 0 Å². The summed E-state index contributed by atoms with van der Waals surface area (Å²) >= 11 is 4.09. The SMILES string of the molecule is C=CCS[C@@]12SC(=O)[C@@](c3ccccc3)(S1)[C@@H]1C(=O)OC(=O)[C@@H]12. The number of hydrogen-bond acceptors (Lipinski definition) is 7. The summed E-state index contributed by atoms with van der Waals surface area (Å²) in [7, 11) is 0. The van der Waals surface area contributed by atoms with Gasteiger partial charge in [-0.1, -0.05) is 48.2 Å². The number of cyclic esters (lactones) is 2. The maximum atomic E-state index is 12.9. The molecule has 0 N–H and O–H groups in total. The Balaban J connectivity index is 1.90. The summed E-state index contributed by atoms with van der Waals surface area (Å²) in [5.74, 6) is -1.84. The molecular weight excluding hydrogens is 352 g/mol. The lowest BCUT2D eigenvalue weighted by atomic mass is 9.79. The van der Waals surface area contributed by atoms with Crippen LogP contribution in [-0.2, 0) is 23.9 Å². The summed E-state index contributed by atoms with van der Waals surface area (Å²) in [6.07, 6.45) is 1.74. The third kappa shape index (κ3) is 1.87. The molecule has 7 heteroatoms. The summed E-state index contributed by atoms with van der Waals surface area (Å²) in [4.78, 5) is 37.5. The van der Waals surface area contributed by atoms with E-state index >= 15 is 0 Å². The Morgan fingerprint density at radius 3 is 2.57 bits per heavy atom. The van der Waals surface area contributed by atoms with Gasteiger partial charge in [0.15, 0.2) is 0 Å². The van der Waals surface area contributed by atoms with Crippen LogP contribution in [0.4, 0.5) is 0 Å². The molecule has 0 aliphatic carbocycles. The molecule has 1 aromatic rings. The summed E-state index contributed by atoms with van der Waals surface area (Å²) in [5.41, 5.74) is 0.766. The summed E-state index contributed by atoms with van der Waals surface area (Å²) in [6, 6.07) is 9.24. The second-order valence-electron chi connectivity index (χ2n) is 5.49. The zero-order chi connectivity index (χ0) is 16.2. The molecule has 4 nitrogen and oxygen atoms in total. The smallest absolute Gasteiger partial charge is 0.320 e. The Morgan fingerprint density at radius 2 is 1.87 bits per heavy atom. The fourth-order valence-electron chi connectivity index (χ4n) is 3.42. The lowest BCUT2D eigenvalue weighted by molar-refractivity contribution is -0.154. The molecule has 118 valence electrons. The van der Waals surface area contributed by atoms with E-state index in [1.807, 2.05) is 30.3 Å². The Labute approximate surface area is 145 Å². The zero-order valence-electron chi connectivity index (χ0n) is 11.9. The number of carbonyl (C=O) groups excluding carboxylic acids is 3. The van der Waals surface area contributed by atoms with Crippen molar-refractivity contribution in [1.82, 2.24) is 0 Å². The van der Waals surface area contributed by atoms with Crippen LogP contribution in [0.1, 0.15) is 5.56 Å². The van der Waals surface area contributed by atoms with Crippen LogP contribution < -0.4 is 0 Å². The second-order valence-corrected chi connectivity index (χ2v) is 10.2. The van der Waals surface area contributed by atoms with Crippen molar-refractivity contribution in [3.8, 4) is 0 Å². The maximum Gasteiger partial charge on any atom is 0.320 e. The third-order valence-electron chi connectivity index (χ3n) is 4.31. The monoisotopic (exact) mass is 364 g/mol. The molecule has 0 spiro atoms. The summed E-state index contributed by atoms with van der Waals surface area (Å²) in [5, 5.41) is -0.0711. The largest absolute Gasteiger partial charge is 0.393 e. The van der Waals surface area contributed by atoms with Gasteiger partial charge in [0.2, 0.25) is 5.12 Å². The van der Waals surface area contributed by atoms with Crippen molar-refractivity contribution in [3.05, 3.63) is 48.6 Å². The molecule has 4 rings (SSSR count). The molecule has 3 heterocycles. The van der Waals surface area contributed by atoms with E-state index in [-0.39, 0.29) is 5.12 Å². The first-order valence-electron chi connectivity index (χ1n) is 7.05. The molecule has 2 bridgehead atoms. The molecule has 0 saturated carbocycles. The lowest BCUT2D eigenvalue weighted by Crippen LogP contribution is -2.43. The van der Waals surface area contributed by atoms with Crippen LogP contribution in [0, 0.1) is 11.8 Å². The third-order valence-corrected chi connectivity index (χ3v) is 9.78. The number of ether oxygens (including phenoxy) is 1. The highest BCUT2D eigenvalue weighted by Gasteiger charge is 2.79. The number of rotatable bonds is 4. The van der Waals surface area contributed by atoms with Gasteiger partial charge in [-0.15, -0.1) is 30.1 Å². The van der Waals surface area contributed by atoms with Crippen molar-refractivity contribution in [1.29, 1.82) is 0 Å². The van der Waals surface area contributed by atoms with Gasteiger partial charge in [0.25, 0.3) is 0 Å². The van der Waals surface area contributed by atoms with Crippen LogP contribution in [0.3, 0.4) is 0 Å². The van der Waals surface area contributed by atoms with Gasteiger partial charge in [0, 0.05) is 5.75 Å². The Hall–Kier alpha value is -1.18. The predicted octanol–water partition coefficient (Wildman–Crippen LogP) is 2.79. The molecule has 0 unspecified atom stereocenters. The quantitative estimate of drug-likeness (QED) is 0.462. The van der Waals surface area contributed by atoms with Crippen LogP contribution in [0.5, 0.6) is 0 Å². The Morgan fingerprint density at radius 1 is 1.17 bits per heavy atom. The van der Waals surface area contributed by atoms with Crippen molar-refractivity contribution in [2.45, 2.75) is 8.16 Å². The number of hydrogen-bond donors (Lipinski definition) is 0.